The Balaban J connectivity index is 3.68. The summed E-state index contributed by atoms with van der Waals surface area (Å²) in [6.07, 6.45) is 0. The monoisotopic (exact) mass is 371 g/mol. The summed E-state index contributed by atoms with van der Waals surface area (Å²) in [7, 11) is 0. The third-order valence-corrected chi connectivity index (χ3v) is 3.65. The first kappa shape index (κ1) is 7.68. The van der Waals surface area contributed by atoms with Gasteiger partial charge in [-0.3, -0.25) is 0 Å². The molecule has 35 valence electrons. The minimum Gasteiger partial charge on any atom is -0.0474 e. The van der Waals surface area contributed by atoms with E-state index in [1.54, 1.807) is 0 Å². The minimum atomic E-state index is 1.05. The molecule has 0 bridgehead atoms. The Morgan fingerprint density at radius 3 is 1.67 bits per heavy atom. The van der Waals surface area contributed by atoms with E-state index in [0.717, 1.165) is 6.07 Å². The average Bonchev–Trinajstić information content (AvgIpc) is 1.36. The van der Waals surface area contributed by atoms with Crippen LogP contribution in [0.5, 0.6) is 0 Å². The van der Waals surface area contributed by atoms with Gasteiger partial charge in [-0.2, -0.15) is 0 Å². The molecule has 1 radical (unpaired) electrons. The number of allylic oxidation sites excluding steroid dienone is 1. The molecule has 0 aromatic rings. The molecule has 0 aromatic carbocycles. The maximum Gasteiger partial charge on any atom is 0.0651 e. The van der Waals surface area contributed by atoms with Crippen molar-refractivity contribution in [3.05, 3.63) is 13.0 Å². The molecule has 0 saturated carbocycles. The second-order valence-corrected chi connectivity index (χ2v) is 5.32. The van der Waals surface area contributed by atoms with E-state index >= 15 is 0 Å². The molecule has 0 amide bonds. The molecule has 0 rings (SSSR count). The van der Waals surface area contributed by atoms with E-state index in [-0.39, 0.29) is 0 Å². The first-order chi connectivity index (χ1) is 2.64. The predicted molar refractivity (Wildman–Crippen MR) is 49.4 cm³/mol. The molecule has 6 heavy (non-hydrogen) atoms. The van der Waals surface area contributed by atoms with Crippen LogP contribution in [0.2, 0.25) is 0 Å². The fourth-order valence-electron chi connectivity index (χ4n) is 0. The lowest BCUT2D eigenvalue weighted by Gasteiger charge is -1.80. The summed E-state index contributed by atoms with van der Waals surface area (Å²) in [6.45, 7) is 3.65. The molecule has 0 fully saturated rings. The topological polar surface area (TPSA) is 0 Å². The zero-order valence-corrected chi connectivity index (χ0v) is 8.74. The molecule has 0 aliphatic rings. The van der Waals surface area contributed by atoms with Gasteiger partial charge in [0.2, 0.25) is 0 Å². The molecule has 0 aliphatic heterocycles. The zero-order valence-electron chi connectivity index (χ0n) is 2.84. The summed E-state index contributed by atoms with van der Waals surface area (Å²) in [5.41, 5.74) is 0. The SMILES string of the molecule is [CH2]/C(I)=C(/Br)I. The number of hydrogen-bond acceptors (Lipinski definition) is 0. The van der Waals surface area contributed by atoms with E-state index in [4.69, 9.17) is 0 Å². The van der Waals surface area contributed by atoms with Crippen LogP contribution < -0.4 is 0 Å². The maximum absolute atomic E-state index is 3.65. The second-order valence-electron chi connectivity index (χ2n) is 0.665. The third-order valence-electron chi connectivity index (χ3n) is 0.205. The van der Waals surface area contributed by atoms with Crippen molar-refractivity contribution in [2.75, 3.05) is 0 Å². The molecular weight excluding hydrogens is 370 g/mol. The Kier molecular flexibility index (Phi) is 4.68. The van der Waals surface area contributed by atoms with Gasteiger partial charge < -0.3 is 0 Å². The van der Waals surface area contributed by atoms with Crippen molar-refractivity contribution < 1.29 is 0 Å². The largest absolute Gasteiger partial charge is 0.0651 e. The summed E-state index contributed by atoms with van der Waals surface area (Å²) in [6, 6.07) is 0. The molecule has 0 aliphatic carbocycles. The molecule has 0 aromatic heterocycles. The van der Waals surface area contributed by atoms with Crippen molar-refractivity contribution in [1.29, 1.82) is 0 Å². The Labute approximate surface area is 73.2 Å². The highest BCUT2D eigenvalue weighted by Crippen LogP contribution is 2.22. The summed E-state index contributed by atoms with van der Waals surface area (Å²) < 4.78 is 2.13. The molecule has 0 unspecified atom stereocenters. The second kappa shape index (κ2) is 3.65. The van der Waals surface area contributed by atoms with Crippen molar-refractivity contribution in [3.8, 4) is 0 Å². The van der Waals surface area contributed by atoms with E-state index in [1.165, 1.54) is 0 Å². The van der Waals surface area contributed by atoms with Gasteiger partial charge in [-0.1, -0.05) is 0 Å². The van der Waals surface area contributed by atoms with Gasteiger partial charge in [0.15, 0.2) is 0 Å². The normalized spacial score (nSPS) is 14.0. The van der Waals surface area contributed by atoms with Crippen LogP contribution in [0, 0.1) is 6.92 Å². The van der Waals surface area contributed by atoms with Crippen LogP contribution >= 0.6 is 61.1 Å². The maximum atomic E-state index is 3.65. The van der Waals surface area contributed by atoms with Crippen LogP contribution in [-0.2, 0) is 0 Å². The van der Waals surface area contributed by atoms with Crippen LogP contribution in [0.1, 0.15) is 0 Å². The Hall–Kier alpha value is 1.68. The highest BCUT2D eigenvalue weighted by molar-refractivity contribution is 14.1. The molecule has 0 spiro atoms. The van der Waals surface area contributed by atoms with Crippen LogP contribution in [0.15, 0.2) is 6.07 Å². The summed E-state index contributed by atoms with van der Waals surface area (Å²) in [5.74, 6) is 0. The number of halogens is 3. The lowest BCUT2D eigenvalue weighted by atomic mass is 10.8. The molecule has 3 heteroatoms. The smallest absolute Gasteiger partial charge is 0.0474 e. The van der Waals surface area contributed by atoms with Gasteiger partial charge >= 0.3 is 0 Å². The lowest BCUT2D eigenvalue weighted by Crippen LogP contribution is -1.50. The molecule has 0 saturated heterocycles. The van der Waals surface area contributed by atoms with Gasteiger partial charge in [0, 0.05) is 3.58 Å². The third kappa shape index (κ3) is 3.86. The molecule has 0 heterocycles. The molecule has 0 atom stereocenters. The first-order valence-corrected chi connectivity index (χ1v) is 4.12. The van der Waals surface area contributed by atoms with Gasteiger partial charge in [0.25, 0.3) is 0 Å². The first-order valence-electron chi connectivity index (χ1n) is 1.17. The quantitative estimate of drug-likeness (QED) is 0.573. The van der Waals surface area contributed by atoms with Crippen LogP contribution in [0.25, 0.3) is 0 Å². The van der Waals surface area contributed by atoms with E-state index < -0.39 is 0 Å². The minimum absolute atomic E-state index is 1.05. The van der Waals surface area contributed by atoms with Crippen LogP contribution in [0.3, 0.4) is 0 Å². The number of rotatable bonds is 0. The van der Waals surface area contributed by atoms with Gasteiger partial charge in [0.05, 0.1) is 2.49 Å². The van der Waals surface area contributed by atoms with Crippen molar-refractivity contribution in [1.82, 2.24) is 0 Å². The van der Waals surface area contributed by atoms with E-state index in [9.17, 15) is 0 Å². The van der Waals surface area contributed by atoms with Gasteiger partial charge in [-0.25, -0.2) is 0 Å². The lowest BCUT2D eigenvalue weighted by molar-refractivity contribution is 2.12. The fourth-order valence-corrected chi connectivity index (χ4v) is 0. The average molecular weight is 372 g/mol. The molecular formula is C3H2BrI2. The summed E-state index contributed by atoms with van der Waals surface area (Å²) in [4.78, 5) is 0. The van der Waals surface area contributed by atoms with Crippen molar-refractivity contribution in [2.24, 2.45) is 0 Å². The van der Waals surface area contributed by atoms with Crippen LogP contribution in [0.4, 0.5) is 0 Å². The van der Waals surface area contributed by atoms with E-state index in [1.807, 2.05) is 0 Å². The number of hydrogen-bond donors (Lipinski definition) is 0. The van der Waals surface area contributed by atoms with Gasteiger partial charge in [-0.15, -0.1) is 0 Å². The van der Waals surface area contributed by atoms with Crippen molar-refractivity contribution >= 4 is 61.1 Å². The predicted octanol–water partition coefficient (Wildman–Crippen LogP) is 3.25. The van der Waals surface area contributed by atoms with Crippen molar-refractivity contribution in [2.45, 2.75) is 0 Å². The highest BCUT2D eigenvalue weighted by Gasteiger charge is 1.82. The summed E-state index contributed by atoms with van der Waals surface area (Å²) >= 11 is 7.54. The Morgan fingerprint density at radius 1 is 1.50 bits per heavy atom. The van der Waals surface area contributed by atoms with E-state index in [0.29, 0.717) is 0 Å². The zero-order chi connectivity index (χ0) is 5.15. The Bertz CT molecular complexity index is 58.9. The van der Waals surface area contributed by atoms with Gasteiger partial charge in [0.1, 0.15) is 0 Å². The highest BCUT2D eigenvalue weighted by atomic mass is 127. The molecule has 0 N–H and O–H groups in total. The summed E-state index contributed by atoms with van der Waals surface area (Å²) in [5, 5.41) is 0. The van der Waals surface area contributed by atoms with E-state index in [2.05, 4.69) is 68.0 Å². The molecule has 0 nitrogen and oxygen atoms in total. The van der Waals surface area contributed by atoms with Crippen LogP contribution in [-0.4, -0.2) is 0 Å². The standard InChI is InChI=1S/C3H2BrI2/c1-2(5)3(4)6/h1H2/b3-2+. The Morgan fingerprint density at radius 2 is 1.67 bits per heavy atom. The van der Waals surface area contributed by atoms with Crippen molar-refractivity contribution in [3.63, 3.8) is 0 Å². The fraction of sp³-hybridized carbons (Fsp3) is 0. The van der Waals surface area contributed by atoms with Gasteiger partial charge in [-0.05, 0) is 68.0 Å².